The molecular weight excluding hydrogens is 292 g/mol. The van der Waals surface area contributed by atoms with E-state index in [1.807, 2.05) is 6.92 Å². The fourth-order valence-corrected chi connectivity index (χ4v) is 2.15. The molecule has 4 heteroatoms. The van der Waals surface area contributed by atoms with E-state index in [0.717, 1.165) is 18.6 Å². The highest BCUT2D eigenvalue weighted by Crippen LogP contribution is 2.26. The molecule has 0 amide bonds. The van der Waals surface area contributed by atoms with Crippen LogP contribution in [-0.4, -0.2) is 24.1 Å². The highest BCUT2D eigenvalue weighted by molar-refractivity contribution is 6.10. The van der Waals surface area contributed by atoms with Crippen molar-refractivity contribution in [2.75, 3.05) is 13.2 Å². The topological polar surface area (TPSA) is 55.8 Å². The molecule has 0 spiro atoms. The minimum Gasteiger partial charge on any atom is -0.507 e. The Morgan fingerprint density at radius 3 is 2.30 bits per heavy atom. The number of unbranched alkanes of at least 4 members (excludes halogenated alkanes) is 1. The smallest absolute Gasteiger partial charge is 0.196 e. The van der Waals surface area contributed by atoms with E-state index < -0.39 is 0 Å². The van der Waals surface area contributed by atoms with Gasteiger partial charge < -0.3 is 14.6 Å². The summed E-state index contributed by atoms with van der Waals surface area (Å²) in [6.07, 6.45) is 2.08. The molecule has 2 rings (SSSR count). The third-order valence-electron chi connectivity index (χ3n) is 3.41. The molecule has 0 heterocycles. The first-order chi connectivity index (χ1) is 11.2. The average Bonchev–Trinajstić information content (AvgIpc) is 2.56. The van der Waals surface area contributed by atoms with Gasteiger partial charge in [-0.2, -0.15) is 0 Å². The number of rotatable bonds is 8. The molecule has 0 saturated carbocycles. The van der Waals surface area contributed by atoms with Gasteiger partial charge in [0, 0.05) is 11.6 Å². The van der Waals surface area contributed by atoms with Gasteiger partial charge in [-0.25, -0.2) is 0 Å². The van der Waals surface area contributed by atoms with Gasteiger partial charge in [0.05, 0.1) is 18.8 Å². The molecule has 0 atom stereocenters. The number of hydrogen-bond donors (Lipinski definition) is 1. The van der Waals surface area contributed by atoms with Crippen LogP contribution in [0, 0.1) is 0 Å². The van der Waals surface area contributed by atoms with Crippen LogP contribution < -0.4 is 9.47 Å². The van der Waals surface area contributed by atoms with Gasteiger partial charge in [-0.15, -0.1) is 0 Å². The molecule has 0 saturated heterocycles. The molecule has 0 aromatic heterocycles. The summed E-state index contributed by atoms with van der Waals surface area (Å²) >= 11 is 0. The number of aromatic hydroxyl groups is 1. The third-order valence-corrected chi connectivity index (χ3v) is 3.41. The van der Waals surface area contributed by atoms with E-state index in [-0.39, 0.29) is 17.1 Å². The SMILES string of the molecule is CCCCOc1ccc(C(=O)c2ccc(OCC)cc2O)cc1. The summed E-state index contributed by atoms with van der Waals surface area (Å²) in [4.78, 5) is 12.5. The van der Waals surface area contributed by atoms with Gasteiger partial charge in [0.25, 0.3) is 0 Å². The Hall–Kier alpha value is -2.49. The van der Waals surface area contributed by atoms with Crippen molar-refractivity contribution in [3.8, 4) is 17.2 Å². The maximum Gasteiger partial charge on any atom is 0.196 e. The third kappa shape index (κ3) is 4.49. The lowest BCUT2D eigenvalue weighted by molar-refractivity contribution is 0.103. The molecular formula is C19H22O4. The van der Waals surface area contributed by atoms with Crippen LogP contribution in [0.5, 0.6) is 17.2 Å². The molecule has 0 bridgehead atoms. The molecule has 0 unspecified atom stereocenters. The summed E-state index contributed by atoms with van der Waals surface area (Å²) in [5.74, 6) is 0.974. The van der Waals surface area contributed by atoms with E-state index in [2.05, 4.69) is 6.92 Å². The first-order valence-electron chi connectivity index (χ1n) is 7.89. The molecule has 0 radical (unpaired) electrons. The van der Waals surface area contributed by atoms with Crippen molar-refractivity contribution in [1.82, 2.24) is 0 Å². The summed E-state index contributed by atoms with van der Waals surface area (Å²) in [6, 6.07) is 11.7. The normalized spacial score (nSPS) is 10.3. The van der Waals surface area contributed by atoms with Crippen molar-refractivity contribution < 1.29 is 19.4 Å². The molecule has 2 aromatic rings. The molecule has 1 N–H and O–H groups in total. The summed E-state index contributed by atoms with van der Waals surface area (Å²) < 4.78 is 10.9. The molecule has 0 aliphatic heterocycles. The van der Waals surface area contributed by atoms with Gasteiger partial charge in [0.15, 0.2) is 5.78 Å². The Labute approximate surface area is 136 Å². The molecule has 4 nitrogen and oxygen atoms in total. The van der Waals surface area contributed by atoms with E-state index in [1.54, 1.807) is 36.4 Å². The first-order valence-corrected chi connectivity index (χ1v) is 7.89. The van der Waals surface area contributed by atoms with Crippen molar-refractivity contribution in [2.24, 2.45) is 0 Å². The molecule has 122 valence electrons. The number of benzene rings is 2. The van der Waals surface area contributed by atoms with Crippen LogP contribution in [-0.2, 0) is 0 Å². The highest BCUT2D eigenvalue weighted by Gasteiger charge is 2.14. The zero-order valence-corrected chi connectivity index (χ0v) is 13.5. The minimum atomic E-state index is -0.231. The lowest BCUT2D eigenvalue weighted by Crippen LogP contribution is -2.03. The van der Waals surface area contributed by atoms with Crippen LogP contribution in [0.1, 0.15) is 42.6 Å². The van der Waals surface area contributed by atoms with Crippen molar-refractivity contribution in [3.05, 3.63) is 53.6 Å². The summed E-state index contributed by atoms with van der Waals surface area (Å²) in [6.45, 7) is 5.14. The number of phenolic OH excluding ortho intramolecular Hbond substituents is 1. The van der Waals surface area contributed by atoms with Crippen molar-refractivity contribution in [1.29, 1.82) is 0 Å². The fourth-order valence-electron chi connectivity index (χ4n) is 2.15. The van der Waals surface area contributed by atoms with Crippen LogP contribution in [0.2, 0.25) is 0 Å². The number of carbonyl (C=O) groups excluding carboxylic acids is 1. The largest absolute Gasteiger partial charge is 0.507 e. The lowest BCUT2D eigenvalue weighted by Gasteiger charge is -2.09. The lowest BCUT2D eigenvalue weighted by atomic mass is 10.0. The van der Waals surface area contributed by atoms with Gasteiger partial charge in [0.2, 0.25) is 0 Å². The van der Waals surface area contributed by atoms with E-state index >= 15 is 0 Å². The second kappa shape index (κ2) is 8.22. The van der Waals surface area contributed by atoms with Crippen LogP contribution in [0.25, 0.3) is 0 Å². The van der Waals surface area contributed by atoms with Crippen molar-refractivity contribution in [2.45, 2.75) is 26.7 Å². The molecule has 0 fully saturated rings. The standard InChI is InChI=1S/C19H22O4/c1-3-5-12-23-15-8-6-14(7-9-15)19(21)17-11-10-16(22-4-2)13-18(17)20/h6-11,13,20H,3-5,12H2,1-2H3. The van der Waals surface area contributed by atoms with E-state index in [9.17, 15) is 9.90 Å². The Morgan fingerprint density at radius 1 is 1.00 bits per heavy atom. The second-order valence-electron chi connectivity index (χ2n) is 5.17. The fraction of sp³-hybridized carbons (Fsp3) is 0.316. The van der Waals surface area contributed by atoms with Gasteiger partial charge >= 0.3 is 0 Å². The highest BCUT2D eigenvalue weighted by atomic mass is 16.5. The average molecular weight is 314 g/mol. The Morgan fingerprint density at radius 2 is 1.70 bits per heavy atom. The van der Waals surface area contributed by atoms with Gasteiger partial charge in [0.1, 0.15) is 17.2 Å². The zero-order chi connectivity index (χ0) is 16.7. The second-order valence-corrected chi connectivity index (χ2v) is 5.17. The maximum atomic E-state index is 12.5. The maximum absolute atomic E-state index is 12.5. The number of ether oxygens (including phenoxy) is 2. The van der Waals surface area contributed by atoms with Crippen LogP contribution in [0.15, 0.2) is 42.5 Å². The van der Waals surface area contributed by atoms with Crippen molar-refractivity contribution >= 4 is 5.78 Å². The Kier molecular flexibility index (Phi) is 6.03. The number of phenols is 1. The summed E-state index contributed by atoms with van der Waals surface area (Å²) in [5, 5.41) is 10.0. The minimum absolute atomic E-state index is 0.0794. The predicted molar refractivity (Wildman–Crippen MR) is 89.6 cm³/mol. The van der Waals surface area contributed by atoms with E-state index in [0.29, 0.717) is 24.5 Å². The Bertz CT molecular complexity index is 647. The molecule has 2 aromatic carbocycles. The Balaban J connectivity index is 2.10. The van der Waals surface area contributed by atoms with Gasteiger partial charge in [-0.3, -0.25) is 4.79 Å². The molecule has 23 heavy (non-hydrogen) atoms. The van der Waals surface area contributed by atoms with Crippen molar-refractivity contribution in [3.63, 3.8) is 0 Å². The van der Waals surface area contributed by atoms with Gasteiger partial charge in [-0.1, -0.05) is 13.3 Å². The van der Waals surface area contributed by atoms with Crippen LogP contribution >= 0.6 is 0 Å². The number of carbonyl (C=O) groups is 1. The summed E-state index contributed by atoms with van der Waals surface area (Å²) in [5.41, 5.74) is 0.764. The monoisotopic (exact) mass is 314 g/mol. The number of ketones is 1. The van der Waals surface area contributed by atoms with Crippen LogP contribution in [0.3, 0.4) is 0 Å². The van der Waals surface area contributed by atoms with Gasteiger partial charge in [-0.05, 0) is 49.7 Å². The van der Waals surface area contributed by atoms with E-state index in [1.165, 1.54) is 6.07 Å². The quantitative estimate of drug-likeness (QED) is 0.586. The summed E-state index contributed by atoms with van der Waals surface area (Å²) in [7, 11) is 0. The first kappa shape index (κ1) is 16.9. The number of hydrogen-bond acceptors (Lipinski definition) is 4. The molecule has 0 aliphatic carbocycles. The predicted octanol–water partition coefficient (Wildman–Crippen LogP) is 4.20. The zero-order valence-electron chi connectivity index (χ0n) is 13.5. The molecule has 0 aliphatic rings. The van der Waals surface area contributed by atoms with E-state index in [4.69, 9.17) is 9.47 Å². The van der Waals surface area contributed by atoms with Crippen LogP contribution in [0.4, 0.5) is 0 Å².